The molecule has 0 saturated heterocycles. The molecule has 0 aromatic heterocycles. The highest BCUT2D eigenvalue weighted by atomic mass is 79.9. The molecule has 0 aliphatic heterocycles. The van der Waals surface area contributed by atoms with Crippen LogP contribution in [0.3, 0.4) is 0 Å². The average Bonchev–Trinajstić information content (AvgIpc) is 3.12. The van der Waals surface area contributed by atoms with Crippen molar-refractivity contribution in [2.24, 2.45) is 0 Å². The van der Waals surface area contributed by atoms with Gasteiger partial charge in [-0.25, -0.2) is 9.18 Å². The molecule has 1 saturated carbocycles. The van der Waals surface area contributed by atoms with Crippen LogP contribution < -0.4 is 0 Å². The summed E-state index contributed by atoms with van der Waals surface area (Å²) in [6.07, 6.45) is 1.58. The van der Waals surface area contributed by atoms with Crippen LogP contribution in [0.4, 0.5) is 4.39 Å². The second-order valence-corrected chi connectivity index (χ2v) is 5.42. The third kappa shape index (κ3) is 2.94. The van der Waals surface area contributed by atoms with Crippen LogP contribution in [0, 0.1) is 5.82 Å². The van der Waals surface area contributed by atoms with Gasteiger partial charge in [-0.3, -0.25) is 4.79 Å². The standard InChI is InChI=1S/C13H13BrFNO3/c1-7(17)16(9-3-4-9)12(13(18)19)10-6-8(15)2-5-11(10)14/h2,5-6,9,12H,3-4H2,1H3,(H,18,19). The minimum absolute atomic E-state index is 0.0613. The van der Waals surface area contributed by atoms with Gasteiger partial charge >= 0.3 is 5.97 Å². The lowest BCUT2D eigenvalue weighted by Gasteiger charge is -2.29. The summed E-state index contributed by atoms with van der Waals surface area (Å²) in [5.74, 6) is -2.00. The summed E-state index contributed by atoms with van der Waals surface area (Å²) in [6, 6.07) is 2.62. The van der Waals surface area contributed by atoms with Gasteiger partial charge in [0.1, 0.15) is 5.82 Å². The van der Waals surface area contributed by atoms with Gasteiger partial charge in [-0.15, -0.1) is 0 Å². The van der Waals surface area contributed by atoms with Crippen LogP contribution in [0.15, 0.2) is 22.7 Å². The number of benzene rings is 1. The van der Waals surface area contributed by atoms with E-state index in [4.69, 9.17) is 0 Å². The van der Waals surface area contributed by atoms with Crippen LogP contribution in [0.25, 0.3) is 0 Å². The van der Waals surface area contributed by atoms with Gasteiger partial charge in [-0.1, -0.05) is 15.9 Å². The zero-order valence-corrected chi connectivity index (χ0v) is 11.9. The van der Waals surface area contributed by atoms with Gasteiger partial charge in [-0.05, 0) is 31.0 Å². The van der Waals surface area contributed by atoms with E-state index >= 15 is 0 Å². The van der Waals surface area contributed by atoms with Crippen molar-refractivity contribution >= 4 is 27.8 Å². The van der Waals surface area contributed by atoms with Crippen molar-refractivity contribution in [3.05, 3.63) is 34.1 Å². The molecule has 0 heterocycles. The van der Waals surface area contributed by atoms with Crippen LogP contribution >= 0.6 is 15.9 Å². The summed E-state index contributed by atoms with van der Waals surface area (Å²) >= 11 is 3.22. The molecule has 1 aliphatic rings. The van der Waals surface area contributed by atoms with Gasteiger partial charge in [0.05, 0.1) is 0 Å². The maximum atomic E-state index is 13.3. The largest absolute Gasteiger partial charge is 0.479 e. The minimum Gasteiger partial charge on any atom is -0.479 e. The van der Waals surface area contributed by atoms with Crippen LogP contribution in [0.2, 0.25) is 0 Å². The number of halogens is 2. The Labute approximate surface area is 118 Å². The van der Waals surface area contributed by atoms with Crippen molar-refractivity contribution in [1.82, 2.24) is 4.90 Å². The van der Waals surface area contributed by atoms with Crippen LogP contribution in [0.1, 0.15) is 31.4 Å². The number of carboxylic acid groups (broad SMARTS) is 1. The molecule has 1 N–H and O–H groups in total. The van der Waals surface area contributed by atoms with E-state index in [1.807, 2.05) is 0 Å². The van der Waals surface area contributed by atoms with Gasteiger partial charge in [0.2, 0.25) is 5.91 Å². The molecule has 102 valence electrons. The monoisotopic (exact) mass is 329 g/mol. The van der Waals surface area contributed by atoms with E-state index in [2.05, 4.69) is 15.9 Å². The minimum atomic E-state index is -1.16. The van der Waals surface area contributed by atoms with Gasteiger partial charge < -0.3 is 10.0 Å². The molecule has 1 atom stereocenters. The zero-order chi connectivity index (χ0) is 14.2. The van der Waals surface area contributed by atoms with E-state index in [0.29, 0.717) is 4.47 Å². The Balaban J connectivity index is 2.47. The third-order valence-corrected chi connectivity index (χ3v) is 3.79. The third-order valence-electron chi connectivity index (χ3n) is 3.07. The summed E-state index contributed by atoms with van der Waals surface area (Å²) in [4.78, 5) is 24.5. The molecule has 1 amide bonds. The summed E-state index contributed by atoms with van der Waals surface area (Å²) in [6.45, 7) is 1.33. The highest BCUT2D eigenvalue weighted by Crippen LogP contribution is 2.37. The number of hydrogen-bond donors (Lipinski definition) is 1. The van der Waals surface area contributed by atoms with Crippen molar-refractivity contribution in [3.8, 4) is 0 Å². The fourth-order valence-electron chi connectivity index (χ4n) is 2.13. The first-order valence-electron chi connectivity index (χ1n) is 5.88. The quantitative estimate of drug-likeness (QED) is 0.923. The highest BCUT2D eigenvalue weighted by molar-refractivity contribution is 9.10. The van der Waals surface area contributed by atoms with E-state index in [1.54, 1.807) is 0 Å². The predicted molar refractivity (Wildman–Crippen MR) is 70.0 cm³/mol. The van der Waals surface area contributed by atoms with Gasteiger partial charge in [0.25, 0.3) is 0 Å². The normalized spacial score (nSPS) is 15.9. The first kappa shape index (κ1) is 14.0. The maximum Gasteiger partial charge on any atom is 0.331 e. The number of nitrogens with zero attached hydrogens (tertiary/aromatic N) is 1. The summed E-state index contributed by atoms with van der Waals surface area (Å²) in [5.41, 5.74) is 0.259. The summed E-state index contributed by atoms with van der Waals surface area (Å²) in [7, 11) is 0. The number of amides is 1. The molecule has 1 fully saturated rings. The molecular weight excluding hydrogens is 317 g/mol. The Bertz CT molecular complexity index is 531. The molecular formula is C13H13BrFNO3. The van der Waals surface area contributed by atoms with Gasteiger partial charge in [0.15, 0.2) is 6.04 Å². The fourth-order valence-corrected chi connectivity index (χ4v) is 2.59. The molecule has 2 rings (SSSR count). The van der Waals surface area contributed by atoms with Crippen molar-refractivity contribution in [2.75, 3.05) is 0 Å². The number of rotatable bonds is 4. The Morgan fingerprint density at radius 3 is 2.58 bits per heavy atom. The number of hydrogen-bond acceptors (Lipinski definition) is 2. The molecule has 0 bridgehead atoms. The summed E-state index contributed by atoms with van der Waals surface area (Å²) < 4.78 is 13.8. The zero-order valence-electron chi connectivity index (χ0n) is 10.3. The number of carbonyl (C=O) groups is 2. The van der Waals surface area contributed by atoms with E-state index in [1.165, 1.54) is 24.0 Å². The predicted octanol–water partition coefficient (Wildman–Crippen LogP) is 2.72. The molecule has 0 radical (unpaired) electrons. The molecule has 19 heavy (non-hydrogen) atoms. The molecule has 1 unspecified atom stereocenters. The van der Waals surface area contributed by atoms with Gasteiger partial charge in [0, 0.05) is 23.0 Å². The van der Waals surface area contributed by atoms with Crippen LogP contribution in [0.5, 0.6) is 0 Å². The highest BCUT2D eigenvalue weighted by Gasteiger charge is 2.40. The lowest BCUT2D eigenvalue weighted by Crippen LogP contribution is -2.39. The van der Waals surface area contributed by atoms with E-state index in [9.17, 15) is 19.1 Å². The maximum absolute atomic E-state index is 13.3. The van der Waals surface area contributed by atoms with Crippen LogP contribution in [-0.2, 0) is 9.59 Å². The molecule has 0 spiro atoms. The Hall–Kier alpha value is -1.43. The Morgan fingerprint density at radius 2 is 2.11 bits per heavy atom. The fraction of sp³-hybridized carbons (Fsp3) is 0.385. The molecule has 6 heteroatoms. The first-order valence-corrected chi connectivity index (χ1v) is 6.67. The number of carbonyl (C=O) groups excluding carboxylic acids is 1. The second kappa shape index (κ2) is 5.28. The molecule has 1 aromatic rings. The smallest absolute Gasteiger partial charge is 0.331 e. The lowest BCUT2D eigenvalue weighted by molar-refractivity contribution is -0.150. The van der Waals surface area contributed by atoms with Crippen molar-refractivity contribution in [2.45, 2.75) is 31.8 Å². The molecule has 4 nitrogen and oxygen atoms in total. The van der Waals surface area contributed by atoms with Crippen LogP contribution in [-0.4, -0.2) is 27.9 Å². The van der Waals surface area contributed by atoms with Crippen molar-refractivity contribution < 1.29 is 19.1 Å². The Kier molecular flexibility index (Phi) is 3.89. The SMILES string of the molecule is CC(=O)N(C1CC1)C(C(=O)O)c1cc(F)ccc1Br. The van der Waals surface area contributed by atoms with Crippen molar-refractivity contribution in [1.29, 1.82) is 0 Å². The van der Waals surface area contributed by atoms with E-state index < -0.39 is 17.8 Å². The second-order valence-electron chi connectivity index (χ2n) is 4.56. The first-order chi connectivity index (χ1) is 8.91. The van der Waals surface area contributed by atoms with E-state index in [-0.39, 0.29) is 17.5 Å². The topological polar surface area (TPSA) is 57.6 Å². The van der Waals surface area contributed by atoms with Crippen molar-refractivity contribution in [3.63, 3.8) is 0 Å². The molecule has 1 aliphatic carbocycles. The molecule has 1 aromatic carbocycles. The summed E-state index contributed by atoms with van der Waals surface area (Å²) in [5, 5.41) is 9.40. The average molecular weight is 330 g/mol. The number of carboxylic acids is 1. The lowest BCUT2D eigenvalue weighted by atomic mass is 10.0. The van der Waals surface area contributed by atoms with Gasteiger partial charge in [-0.2, -0.15) is 0 Å². The van der Waals surface area contributed by atoms with E-state index in [0.717, 1.165) is 18.9 Å². The Morgan fingerprint density at radius 1 is 1.47 bits per heavy atom. The number of aliphatic carboxylic acids is 1.